The molecule has 1 aliphatic carbocycles. The predicted octanol–water partition coefficient (Wildman–Crippen LogP) is 3.74. The van der Waals surface area contributed by atoms with Gasteiger partial charge in [-0.1, -0.05) is 18.2 Å². The Labute approximate surface area is 221 Å². The lowest BCUT2D eigenvalue weighted by Gasteiger charge is -2.32. The molecule has 4 rings (SSSR count). The van der Waals surface area contributed by atoms with Gasteiger partial charge < -0.3 is 4.90 Å². The van der Waals surface area contributed by atoms with E-state index in [4.69, 9.17) is 0 Å². The number of amides is 1. The molecule has 1 amide bonds. The van der Waals surface area contributed by atoms with Crippen LogP contribution < -0.4 is 9.62 Å². The number of hydrogen-bond donors (Lipinski definition) is 1. The Kier molecular flexibility index (Phi) is 8.75. The Morgan fingerprint density at radius 2 is 1.84 bits per heavy atom. The second kappa shape index (κ2) is 11.1. The standard InChI is InChI=1S/C25H28F3N3O4S.H2S/c1-36(34,35)30-16-24(10-11-24)19-5-7-20(8-6-19)31-12-2-3-18(23(31)33)14-21(32)13-17-4-9-22(29-15-17)25(26,27)28;/h4-9,15,18,30H,2-3,10-14,16H2,1H3;1H2/t18-;/m1./s1. The molecule has 1 aromatic carbocycles. The van der Waals surface area contributed by atoms with Gasteiger partial charge in [-0.15, -0.1) is 0 Å². The molecule has 37 heavy (non-hydrogen) atoms. The second-order valence-corrected chi connectivity index (χ2v) is 11.6. The highest BCUT2D eigenvalue weighted by Gasteiger charge is 2.44. The number of hydrogen-bond acceptors (Lipinski definition) is 5. The molecule has 2 aromatic rings. The van der Waals surface area contributed by atoms with Crippen LogP contribution in [0, 0.1) is 5.92 Å². The van der Waals surface area contributed by atoms with E-state index in [1.165, 1.54) is 6.07 Å². The van der Waals surface area contributed by atoms with Crippen molar-refractivity contribution in [3.63, 3.8) is 0 Å². The summed E-state index contributed by atoms with van der Waals surface area (Å²) in [6, 6.07) is 9.64. The molecular weight excluding hydrogens is 527 g/mol. The lowest BCUT2D eigenvalue weighted by molar-refractivity contribution is -0.141. The van der Waals surface area contributed by atoms with Crippen LogP contribution in [0.3, 0.4) is 0 Å². The van der Waals surface area contributed by atoms with Gasteiger partial charge in [-0.05, 0) is 55.0 Å². The highest BCUT2D eigenvalue weighted by molar-refractivity contribution is 7.88. The van der Waals surface area contributed by atoms with Crippen molar-refractivity contribution < 1.29 is 31.2 Å². The molecule has 2 fully saturated rings. The van der Waals surface area contributed by atoms with Gasteiger partial charge in [-0.2, -0.15) is 26.7 Å². The number of alkyl halides is 3. The number of halogens is 3. The maximum atomic E-state index is 13.1. The summed E-state index contributed by atoms with van der Waals surface area (Å²) >= 11 is 0. The first kappa shape index (κ1) is 29.1. The summed E-state index contributed by atoms with van der Waals surface area (Å²) in [4.78, 5) is 30.8. The summed E-state index contributed by atoms with van der Waals surface area (Å²) in [6.45, 7) is 0.874. The fraction of sp³-hybridized carbons (Fsp3) is 0.480. The number of carbonyl (C=O) groups is 2. The normalized spacial score (nSPS) is 19.3. The van der Waals surface area contributed by atoms with Crippen LogP contribution >= 0.6 is 13.5 Å². The van der Waals surface area contributed by atoms with Gasteiger partial charge in [-0.25, -0.2) is 13.1 Å². The molecule has 2 heterocycles. The molecule has 0 bridgehead atoms. The van der Waals surface area contributed by atoms with E-state index >= 15 is 0 Å². The number of carbonyl (C=O) groups excluding carboxylic acids is 2. The largest absolute Gasteiger partial charge is 0.433 e. The van der Waals surface area contributed by atoms with E-state index in [-0.39, 0.29) is 43.4 Å². The molecule has 202 valence electrons. The number of anilines is 1. The predicted molar refractivity (Wildman–Crippen MR) is 138 cm³/mol. The number of aromatic nitrogens is 1. The molecule has 1 atom stereocenters. The molecule has 7 nitrogen and oxygen atoms in total. The molecule has 1 aliphatic heterocycles. The summed E-state index contributed by atoms with van der Waals surface area (Å²) in [7, 11) is -3.28. The number of ketones is 1. The van der Waals surface area contributed by atoms with E-state index in [1.807, 2.05) is 24.3 Å². The van der Waals surface area contributed by atoms with Gasteiger partial charge in [0.1, 0.15) is 11.5 Å². The molecule has 1 saturated carbocycles. The smallest absolute Gasteiger partial charge is 0.312 e. The lowest BCUT2D eigenvalue weighted by Crippen LogP contribution is -2.42. The molecule has 1 saturated heterocycles. The Morgan fingerprint density at radius 1 is 1.16 bits per heavy atom. The highest BCUT2D eigenvalue weighted by Crippen LogP contribution is 2.48. The van der Waals surface area contributed by atoms with E-state index in [0.29, 0.717) is 25.1 Å². The van der Waals surface area contributed by atoms with Crippen LogP contribution in [0.1, 0.15) is 48.9 Å². The Hall–Kier alpha value is -2.44. The zero-order valence-corrected chi connectivity index (χ0v) is 22.2. The number of Topliss-reactive ketones (excluding diaryl/α,β-unsaturated/α-hetero) is 1. The molecule has 0 spiro atoms. The maximum Gasteiger partial charge on any atom is 0.433 e. The van der Waals surface area contributed by atoms with Crippen LogP contribution in [0.15, 0.2) is 42.6 Å². The second-order valence-electron chi connectivity index (χ2n) is 9.72. The van der Waals surface area contributed by atoms with E-state index in [2.05, 4.69) is 9.71 Å². The third-order valence-corrected chi connectivity index (χ3v) is 7.53. The molecule has 1 aromatic heterocycles. The van der Waals surface area contributed by atoms with E-state index in [9.17, 15) is 31.2 Å². The van der Waals surface area contributed by atoms with Crippen molar-refractivity contribution in [3.8, 4) is 0 Å². The maximum absolute atomic E-state index is 13.1. The van der Waals surface area contributed by atoms with Crippen LogP contribution in [0.5, 0.6) is 0 Å². The first-order valence-corrected chi connectivity index (χ1v) is 13.7. The Bertz CT molecular complexity index is 1230. The third-order valence-electron chi connectivity index (χ3n) is 6.86. The number of nitrogens with zero attached hydrogens (tertiary/aromatic N) is 2. The quantitative estimate of drug-likeness (QED) is 0.507. The van der Waals surface area contributed by atoms with Crippen LogP contribution in [-0.2, 0) is 37.6 Å². The van der Waals surface area contributed by atoms with Gasteiger partial charge in [0.25, 0.3) is 0 Å². The Balaban J connectivity index is 0.00000380. The van der Waals surface area contributed by atoms with Crippen molar-refractivity contribution in [2.45, 2.75) is 50.1 Å². The number of pyridine rings is 1. The number of rotatable bonds is 9. The summed E-state index contributed by atoms with van der Waals surface area (Å²) in [5.74, 6) is -0.851. The highest BCUT2D eigenvalue weighted by atomic mass is 32.2. The van der Waals surface area contributed by atoms with Crippen LogP contribution in [0.2, 0.25) is 0 Å². The SMILES string of the molecule is CS(=O)(=O)NCC1(c2ccc(N3CCC[C@H](CC(=O)Cc4ccc(C(F)(F)F)nc4)C3=O)cc2)CC1.S. The van der Waals surface area contributed by atoms with Crippen molar-refractivity contribution in [2.24, 2.45) is 5.92 Å². The lowest BCUT2D eigenvalue weighted by atomic mass is 9.90. The van der Waals surface area contributed by atoms with Crippen LogP contribution in [0.4, 0.5) is 18.9 Å². The summed E-state index contributed by atoms with van der Waals surface area (Å²) in [5, 5.41) is 0. The van der Waals surface area contributed by atoms with E-state index < -0.39 is 27.8 Å². The van der Waals surface area contributed by atoms with Gasteiger partial charge in [0.15, 0.2) is 0 Å². The molecule has 0 radical (unpaired) electrons. The van der Waals surface area contributed by atoms with Crippen LogP contribution in [0.25, 0.3) is 0 Å². The zero-order chi connectivity index (χ0) is 26.1. The van der Waals surface area contributed by atoms with Gasteiger partial charge in [0, 0.05) is 49.1 Å². The van der Waals surface area contributed by atoms with Gasteiger partial charge in [-0.3, -0.25) is 14.6 Å². The average molecular weight is 558 g/mol. The van der Waals surface area contributed by atoms with Crippen LogP contribution in [-0.4, -0.2) is 44.4 Å². The fourth-order valence-electron chi connectivity index (χ4n) is 4.65. The van der Waals surface area contributed by atoms with Crippen molar-refractivity contribution in [3.05, 3.63) is 59.4 Å². The number of sulfonamides is 1. The summed E-state index contributed by atoms with van der Waals surface area (Å²) < 4.78 is 63.5. The van der Waals surface area contributed by atoms with Crippen molar-refractivity contribution in [2.75, 3.05) is 24.2 Å². The summed E-state index contributed by atoms with van der Waals surface area (Å²) in [6.07, 6.45) is 0.671. The average Bonchev–Trinajstić information content (AvgIpc) is 3.60. The summed E-state index contributed by atoms with van der Waals surface area (Å²) in [5.41, 5.74) is 0.893. The minimum absolute atomic E-state index is 0. The number of benzene rings is 1. The number of piperidine rings is 1. The number of nitrogens with one attached hydrogen (secondary N) is 1. The molecule has 1 N–H and O–H groups in total. The van der Waals surface area contributed by atoms with E-state index in [0.717, 1.165) is 49.0 Å². The monoisotopic (exact) mass is 557 g/mol. The first-order chi connectivity index (χ1) is 16.9. The van der Waals surface area contributed by atoms with E-state index in [1.54, 1.807) is 4.90 Å². The van der Waals surface area contributed by atoms with Gasteiger partial charge in [0.05, 0.1) is 6.26 Å². The van der Waals surface area contributed by atoms with Crippen molar-refractivity contribution in [1.82, 2.24) is 9.71 Å². The zero-order valence-electron chi connectivity index (χ0n) is 20.3. The molecule has 0 unspecified atom stereocenters. The topological polar surface area (TPSA) is 96.4 Å². The molecule has 2 aliphatic rings. The third kappa shape index (κ3) is 7.32. The Morgan fingerprint density at radius 3 is 2.38 bits per heavy atom. The minimum Gasteiger partial charge on any atom is -0.312 e. The first-order valence-electron chi connectivity index (χ1n) is 11.8. The van der Waals surface area contributed by atoms with Crippen molar-refractivity contribution in [1.29, 1.82) is 0 Å². The van der Waals surface area contributed by atoms with Gasteiger partial charge >= 0.3 is 6.18 Å². The minimum atomic E-state index is -4.54. The molecular formula is C25H30F3N3O4S2. The van der Waals surface area contributed by atoms with Crippen molar-refractivity contribution >= 4 is 40.9 Å². The molecule has 12 heteroatoms. The fourth-order valence-corrected chi connectivity index (χ4v) is 5.19. The van der Waals surface area contributed by atoms with Gasteiger partial charge in [0.2, 0.25) is 15.9 Å².